The van der Waals surface area contributed by atoms with Crippen LogP contribution in [0.2, 0.25) is 0 Å². The van der Waals surface area contributed by atoms with Gasteiger partial charge >= 0.3 is 0 Å². The Labute approximate surface area is 118 Å². The molecular weight excluding hydrogens is 255 g/mol. The van der Waals surface area contributed by atoms with E-state index < -0.39 is 11.9 Å². The summed E-state index contributed by atoms with van der Waals surface area (Å²) in [5.41, 5.74) is 2.33. The molecule has 0 fully saturated rings. The van der Waals surface area contributed by atoms with Gasteiger partial charge in [-0.05, 0) is 25.1 Å². The highest BCUT2D eigenvalue weighted by Crippen LogP contribution is 2.14. The Kier molecular flexibility index (Phi) is 4.13. The van der Waals surface area contributed by atoms with Gasteiger partial charge in [-0.25, -0.2) is 4.39 Å². The number of carbonyl (C=O) groups excluding carboxylic acids is 1. The Hall–Kier alpha value is -2.23. The first-order chi connectivity index (χ1) is 9.50. The highest BCUT2D eigenvalue weighted by molar-refractivity contribution is 5.92. The molecule has 2 rings (SSSR count). The number of rotatable bonds is 3. The number of pyridine rings is 1. The third-order valence-corrected chi connectivity index (χ3v) is 3.48. The molecular formula is C16H18FN2O+. The zero-order valence-electron chi connectivity index (χ0n) is 11.9. The van der Waals surface area contributed by atoms with Gasteiger partial charge in [0.25, 0.3) is 5.91 Å². The number of nitrogens with one attached hydrogen (secondary N) is 1. The van der Waals surface area contributed by atoms with E-state index in [1.54, 1.807) is 25.1 Å². The van der Waals surface area contributed by atoms with Crippen molar-refractivity contribution in [1.29, 1.82) is 0 Å². The molecule has 1 amide bonds. The largest absolute Gasteiger partial charge is 0.318 e. The highest BCUT2D eigenvalue weighted by Gasteiger charge is 2.25. The van der Waals surface area contributed by atoms with Gasteiger partial charge in [-0.1, -0.05) is 12.1 Å². The first-order valence-electron chi connectivity index (χ1n) is 6.53. The summed E-state index contributed by atoms with van der Waals surface area (Å²) >= 11 is 0. The normalized spacial score (nSPS) is 12.0. The summed E-state index contributed by atoms with van der Waals surface area (Å²) in [4.78, 5) is 12.2. The second-order valence-electron chi connectivity index (χ2n) is 4.83. The standard InChI is InChI=1S/C16H17FN2O/c1-11-7-6-10-19(12(11)2)13(3)16(20)18-15-9-5-4-8-14(15)17/h4-10,13H,1-3H3/p+1/t13-/m1/s1. The zero-order valence-corrected chi connectivity index (χ0v) is 11.9. The third kappa shape index (κ3) is 2.85. The van der Waals surface area contributed by atoms with Crippen molar-refractivity contribution in [3.8, 4) is 0 Å². The van der Waals surface area contributed by atoms with Crippen LogP contribution in [0, 0.1) is 19.7 Å². The molecule has 0 unspecified atom stereocenters. The lowest BCUT2D eigenvalue weighted by molar-refractivity contribution is -0.711. The van der Waals surface area contributed by atoms with Crippen molar-refractivity contribution in [2.75, 3.05) is 5.32 Å². The zero-order chi connectivity index (χ0) is 14.7. The Balaban J connectivity index is 2.21. The van der Waals surface area contributed by atoms with Crippen LogP contribution < -0.4 is 9.88 Å². The van der Waals surface area contributed by atoms with E-state index in [1.165, 1.54) is 6.07 Å². The smallest absolute Gasteiger partial charge is 0.293 e. The Morgan fingerprint density at radius 2 is 1.90 bits per heavy atom. The van der Waals surface area contributed by atoms with Crippen LogP contribution >= 0.6 is 0 Å². The number of hydrogen-bond donors (Lipinski definition) is 1. The van der Waals surface area contributed by atoms with Crippen molar-refractivity contribution < 1.29 is 13.8 Å². The molecule has 20 heavy (non-hydrogen) atoms. The maximum Gasteiger partial charge on any atom is 0.293 e. The predicted molar refractivity (Wildman–Crippen MR) is 75.9 cm³/mol. The molecule has 4 heteroatoms. The average molecular weight is 273 g/mol. The number of para-hydroxylation sites is 1. The topological polar surface area (TPSA) is 33.0 Å². The van der Waals surface area contributed by atoms with Gasteiger partial charge in [0.15, 0.2) is 11.9 Å². The molecule has 0 saturated carbocycles. The first-order valence-corrected chi connectivity index (χ1v) is 6.53. The Morgan fingerprint density at radius 1 is 1.20 bits per heavy atom. The number of carbonyl (C=O) groups is 1. The molecule has 0 radical (unpaired) electrons. The fourth-order valence-electron chi connectivity index (χ4n) is 2.06. The number of benzene rings is 1. The first kappa shape index (κ1) is 14.2. The molecule has 2 aromatic rings. The summed E-state index contributed by atoms with van der Waals surface area (Å²) in [5, 5.41) is 2.62. The average Bonchev–Trinajstić information content (AvgIpc) is 2.43. The van der Waals surface area contributed by atoms with Gasteiger partial charge in [0, 0.05) is 25.5 Å². The third-order valence-electron chi connectivity index (χ3n) is 3.48. The highest BCUT2D eigenvalue weighted by atomic mass is 19.1. The van der Waals surface area contributed by atoms with Crippen molar-refractivity contribution in [3.05, 3.63) is 59.7 Å². The second-order valence-corrected chi connectivity index (χ2v) is 4.83. The summed E-state index contributed by atoms with van der Waals surface area (Å²) in [7, 11) is 0. The number of hydrogen-bond acceptors (Lipinski definition) is 1. The van der Waals surface area contributed by atoms with Crippen molar-refractivity contribution in [1.82, 2.24) is 0 Å². The van der Waals surface area contributed by atoms with E-state index in [2.05, 4.69) is 5.32 Å². The molecule has 0 bridgehead atoms. The van der Waals surface area contributed by atoms with Crippen LogP contribution in [0.15, 0.2) is 42.6 Å². The van der Waals surface area contributed by atoms with Crippen molar-refractivity contribution in [3.63, 3.8) is 0 Å². The Bertz CT molecular complexity index is 640. The van der Waals surface area contributed by atoms with Crippen LogP contribution in [-0.4, -0.2) is 5.91 Å². The van der Waals surface area contributed by atoms with E-state index in [0.29, 0.717) is 0 Å². The molecule has 0 spiro atoms. The summed E-state index contributed by atoms with van der Waals surface area (Å²) in [6.45, 7) is 5.75. The fourth-order valence-corrected chi connectivity index (χ4v) is 2.06. The number of amides is 1. The molecule has 0 aliphatic carbocycles. The lowest BCUT2D eigenvalue weighted by Gasteiger charge is -2.11. The predicted octanol–water partition coefficient (Wildman–Crippen LogP) is 2.93. The van der Waals surface area contributed by atoms with Gasteiger partial charge < -0.3 is 5.32 Å². The molecule has 104 valence electrons. The van der Waals surface area contributed by atoms with E-state index in [9.17, 15) is 9.18 Å². The van der Waals surface area contributed by atoms with Crippen LogP contribution in [-0.2, 0) is 4.79 Å². The van der Waals surface area contributed by atoms with Crippen molar-refractivity contribution >= 4 is 11.6 Å². The summed E-state index contributed by atoms with van der Waals surface area (Å²) in [6, 6.07) is 9.64. The van der Waals surface area contributed by atoms with Crippen LogP contribution in [0.4, 0.5) is 10.1 Å². The van der Waals surface area contributed by atoms with E-state index in [1.807, 2.05) is 36.7 Å². The molecule has 0 aliphatic heterocycles. The van der Waals surface area contributed by atoms with Gasteiger partial charge in [-0.15, -0.1) is 0 Å². The van der Waals surface area contributed by atoms with Gasteiger partial charge in [-0.3, -0.25) is 4.79 Å². The number of halogens is 1. The van der Waals surface area contributed by atoms with E-state index in [4.69, 9.17) is 0 Å². The monoisotopic (exact) mass is 273 g/mol. The van der Waals surface area contributed by atoms with Crippen LogP contribution in [0.3, 0.4) is 0 Å². The van der Waals surface area contributed by atoms with Crippen LogP contribution in [0.25, 0.3) is 0 Å². The lowest BCUT2D eigenvalue weighted by Crippen LogP contribution is -2.47. The number of aryl methyl sites for hydroxylation is 1. The van der Waals surface area contributed by atoms with E-state index >= 15 is 0 Å². The minimum absolute atomic E-state index is 0.204. The van der Waals surface area contributed by atoms with Crippen LogP contribution in [0.1, 0.15) is 24.2 Å². The molecule has 1 N–H and O–H groups in total. The molecule has 3 nitrogen and oxygen atoms in total. The van der Waals surface area contributed by atoms with Crippen molar-refractivity contribution in [2.45, 2.75) is 26.8 Å². The summed E-state index contributed by atoms with van der Waals surface area (Å²) in [5.74, 6) is -0.673. The lowest BCUT2D eigenvalue weighted by atomic mass is 10.2. The number of anilines is 1. The van der Waals surface area contributed by atoms with Gasteiger partial charge in [0.2, 0.25) is 6.04 Å². The molecule has 0 saturated heterocycles. The van der Waals surface area contributed by atoms with E-state index in [-0.39, 0.29) is 11.6 Å². The quantitative estimate of drug-likeness (QED) is 0.857. The number of nitrogens with zero attached hydrogens (tertiary/aromatic N) is 1. The summed E-state index contributed by atoms with van der Waals surface area (Å²) in [6.07, 6.45) is 1.86. The van der Waals surface area contributed by atoms with Gasteiger partial charge in [0.1, 0.15) is 5.82 Å². The van der Waals surface area contributed by atoms with E-state index in [0.717, 1.165) is 11.3 Å². The van der Waals surface area contributed by atoms with Crippen molar-refractivity contribution in [2.24, 2.45) is 0 Å². The Morgan fingerprint density at radius 3 is 2.60 bits per heavy atom. The van der Waals surface area contributed by atoms with Crippen LogP contribution in [0.5, 0.6) is 0 Å². The second kappa shape index (κ2) is 5.82. The molecule has 1 aromatic carbocycles. The number of aromatic nitrogens is 1. The molecule has 1 aromatic heterocycles. The minimum atomic E-state index is -0.431. The maximum atomic E-state index is 13.5. The minimum Gasteiger partial charge on any atom is -0.318 e. The van der Waals surface area contributed by atoms with Gasteiger partial charge in [0.05, 0.1) is 5.69 Å². The molecule has 1 heterocycles. The SMILES string of the molecule is Cc1ccc[n+]([C@H](C)C(=O)Nc2ccccc2F)c1C. The molecule has 1 atom stereocenters. The fraction of sp³-hybridized carbons (Fsp3) is 0.250. The summed E-state index contributed by atoms with van der Waals surface area (Å²) < 4.78 is 15.4. The maximum absolute atomic E-state index is 13.5. The van der Waals surface area contributed by atoms with Gasteiger partial charge in [-0.2, -0.15) is 4.57 Å². The molecule has 0 aliphatic rings.